The Morgan fingerprint density at radius 3 is 2.46 bits per heavy atom. The van der Waals surface area contributed by atoms with Crippen LogP contribution in [-0.2, 0) is 23.6 Å². The Morgan fingerprint density at radius 1 is 1.04 bits per heavy atom. The highest BCUT2D eigenvalue weighted by Crippen LogP contribution is 2.21. The number of benzene rings is 1. The zero-order chi connectivity index (χ0) is 18.9. The van der Waals surface area contributed by atoms with Gasteiger partial charge in [0.15, 0.2) is 0 Å². The molecule has 0 unspecified atom stereocenters. The molecule has 0 spiro atoms. The van der Waals surface area contributed by atoms with Crippen molar-refractivity contribution in [1.29, 1.82) is 0 Å². The Morgan fingerprint density at radius 2 is 1.77 bits per heavy atom. The lowest BCUT2D eigenvalue weighted by Crippen LogP contribution is -2.24. The Labute approximate surface area is 154 Å². The summed E-state index contributed by atoms with van der Waals surface area (Å²) >= 11 is 0. The molecular weight excluding hydrogens is 348 g/mol. The number of aryl methyl sites for hydroxylation is 4. The second-order valence-electron chi connectivity index (χ2n) is 6.39. The maximum atomic E-state index is 12.7. The van der Waals surface area contributed by atoms with Crippen LogP contribution in [0.3, 0.4) is 0 Å². The van der Waals surface area contributed by atoms with Gasteiger partial charge in [0.1, 0.15) is 0 Å². The van der Waals surface area contributed by atoms with Crippen LogP contribution in [0, 0.1) is 20.8 Å². The van der Waals surface area contributed by atoms with E-state index in [4.69, 9.17) is 0 Å². The predicted molar refractivity (Wildman–Crippen MR) is 101 cm³/mol. The molecular formula is C19H22N4O2S. The number of aromatic nitrogens is 3. The predicted octanol–water partition coefficient (Wildman–Crippen LogP) is 2.89. The van der Waals surface area contributed by atoms with E-state index < -0.39 is 10.0 Å². The van der Waals surface area contributed by atoms with Gasteiger partial charge in [0, 0.05) is 13.2 Å². The molecule has 1 aromatic carbocycles. The third kappa shape index (κ3) is 3.68. The van der Waals surface area contributed by atoms with Crippen LogP contribution in [0.2, 0.25) is 0 Å². The van der Waals surface area contributed by atoms with Crippen molar-refractivity contribution in [2.24, 2.45) is 7.05 Å². The molecule has 0 bridgehead atoms. The fraction of sp³-hybridized carbons (Fsp3) is 0.263. The minimum Gasteiger partial charge on any atom is -0.266 e. The van der Waals surface area contributed by atoms with Crippen molar-refractivity contribution in [2.45, 2.75) is 32.2 Å². The van der Waals surface area contributed by atoms with Gasteiger partial charge in [-0.05, 0) is 61.7 Å². The standard InChI is InChI=1S/C19H22N4O2S/c1-13-9-15(3)19(10-14(13)2)26(24,25)21-12-16-11-18(23(4)22-16)17-7-5-6-8-20-17/h5-11,21H,12H2,1-4H3. The Kier molecular flexibility index (Phi) is 4.93. The van der Waals surface area contributed by atoms with E-state index in [0.717, 1.165) is 28.1 Å². The van der Waals surface area contributed by atoms with Gasteiger partial charge < -0.3 is 0 Å². The maximum absolute atomic E-state index is 12.7. The van der Waals surface area contributed by atoms with Crippen LogP contribution in [0.25, 0.3) is 11.4 Å². The highest BCUT2D eigenvalue weighted by atomic mass is 32.2. The summed E-state index contributed by atoms with van der Waals surface area (Å²) < 4.78 is 29.7. The molecule has 0 saturated carbocycles. The molecule has 0 radical (unpaired) electrons. The molecule has 0 fully saturated rings. The Bertz CT molecular complexity index is 1040. The molecule has 2 heterocycles. The quantitative estimate of drug-likeness (QED) is 0.749. The fourth-order valence-electron chi connectivity index (χ4n) is 2.84. The van der Waals surface area contributed by atoms with Gasteiger partial charge in [-0.2, -0.15) is 5.10 Å². The summed E-state index contributed by atoms with van der Waals surface area (Å²) in [5.41, 5.74) is 5.02. The lowest BCUT2D eigenvalue weighted by atomic mass is 10.1. The van der Waals surface area contributed by atoms with E-state index in [1.807, 2.05) is 51.2 Å². The summed E-state index contributed by atoms with van der Waals surface area (Å²) in [5.74, 6) is 0. The molecule has 0 aliphatic heterocycles. The first-order valence-electron chi connectivity index (χ1n) is 8.30. The van der Waals surface area contributed by atoms with Crippen molar-refractivity contribution in [3.63, 3.8) is 0 Å². The lowest BCUT2D eigenvalue weighted by molar-refractivity contribution is 0.578. The molecule has 0 aliphatic carbocycles. The van der Waals surface area contributed by atoms with Crippen LogP contribution in [0.1, 0.15) is 22.4 Å². The van der Waals surface area contributed by atoms with E-state index in [1.165, 1.54) is 0 Å². The summed E-state index contributed by atoms with van der Waals surface area (Å²) in [7, 11) is -1.80. The molecule has 1 N–H and O–H groups in total. The zero-order valence-electron chi connectivity index (χ0n) is 15.3. The van der Waals surface area contributed by atoms with E-state index in [0.29, 0.717) is 10.6 Å². The number of nitrogens with zero attached hydrogens (tertiary/aromatic N) is 3. The van der Waals surface area contributed by atoms with Crippen LogP contribution >= 0.6 is 0 Å². The van der Waals surface area contributed by atoms with Gasteiger partial charge in [0.05, 0.1) is 28.5 Å². The molecule has 3 rings (SSSR count). The van der Waals surface area contributed by atoms with Gasteiger partial charge in [-0.25, -0.2) is 13.1 Å². The van der Waals surface area contributed by atoms with Gasteiger partial charge in [0.25, 0.3) is 0 Å². The van der Waals surface area contributed by atoms with Gasteiger partial charge in [0.2, 0.25) is 10.0 Å². The summed E-state index contributed by atoms with van der Waals surface area (Å²) in [5, 5.41) is 4.39. The Balaban J connectivity index is 1.82. The Hall–Kier alpha value is -2.51. The monoisotopic (exact) mass is 370 g/mol. The summed E-state index contributed by atoms with van der Waals surface area (Å²) in [6.07, 6.45) is 1.72. The van der Waals surface area contributed by atoms with E-state index in [1.54, 1.807) is 23.9 Å². The second-order valence-corrected chi connectivity index (χ2v) is 8.12. The second kappa shape index (κ2) is 7.01. The number of hydrogen-bond acceptors (Lipinski definition) is 4. The third-order valence-electron chi connectivity index (χ3n) is 4.38. The number of hydrogen-bond donors (Lipinski definition) is 1. The normalized spacial score (nSPS) is 11.7. The van der Waals surface area contributed by atoms with Crippen molar-refractivity contribution in [3.05, 3.63) is 65.0 Å². The topological polar surface area (TPSA) is 76.9 Å². The number of sulfonamides is 1. The van der Waals surface area contributed by atoms with Crippen molar-refractivity contribution in [3.8, 4) is 11.4 Å². The first-order chi connectivity index (χ1) is 12.3. The van der Waals surface area contributed by atoms with Crippen LogP contribution < -0.4 is 4.72 Å². The van der Waals surface area contributed by atoms with Gasteiger partial charge in [-0.1, -0.05) is 12.1 Å². The summed E-state index contributed by atoms with van der Waals surface area (Å²) in [4.78, 5) is 4.62. The van der Waals surface area contributed by atoms with E-state index in [9.17, 15) is 8.42 Å². The average Bonchev–Trinajstić information content (AvgIpc) is 2.98. The van der Waals surface area contributed by atoms with Crippen molar-refractivity contribution in [2.75, 3.05) is 0 Å². The van der Waals surface area contributed by atoms with Crippen LogP contribution in [-0.4, -0.2) is 23.2 Å². The molecule has 0 saturated heterocycles. The highest BCUT2D eigenvalue weighted by molar-refractivity contribution is 7.89. The minimum atomic E-state index is -3.61. The van der Waals surface area contributed by atoms with Gasteiger partial charge in [-0.3, -0.25) is 9.67 Å². The fourth-order valence-corrected chi connectivity index (χ4v) is 4.15. The van der Waals surface area contributed by atoms with Gasteiger partial charge in [-0.15, -0.1) is 0 Å². The van der Waals surface area contributed by atoms with E-state index in [2.05, 4.69) is 14.8 Å². The van der Waals surface area contributed by atoms with Gasteiger partial charge >= 0.3 is 0 Å². The van der Waals surface area contributed by atoms with Crippen molar-refractivity contribution in [1.82, 2.24) is 19.5 Å². The first kappa shape index (κ1) is 18.3. The minimum absolute atomic E-state index is 0.120. The number of pyridine rings is 1. The smallest absolute Gasteiger partial charge is 0.241 e. The van der Waals surface area contributed by atoms with Crippen LogP contribution in [0.4, 0.5) is 0 Å². The molecule has 26 heavy (non-hydrogen) atoms. The zero-order valence-corrected chi connectivity index (χ0v) is 16.1. The number of rotatable bonds is 5. The first-order valence-corrected chi connectivity index (χ1v) is 9.78. The van der Waals surface area contributed by atoms with E-state index >= 15 is 0 Å². The van der Waals surface area contributed by atoms with E-state index in [-0.39, 0.29) is 6.54 Å². The molecule has 6 nitrogen and oxygen atoms in total. The molecule has 136 valence electrons. The van der Waals surface area contributed by atoms with Crippen LogP contribution in [0.15, 0.2) is 47.5 Å². The molecule has 0 amide bonds. The average molecular weight is 370 g/mol. The molecule has 0 atom stereocenters. The molecule has 7 heteroatoms. The summed E-state index contributed by atoms with van der Waals surface area (Å²) in [6.45, 7) is 5.81. The third-order valence-corrected chi connectivity index (χ3v) is 5.93. The maximum Gasteiger partial charge on any atom is 0.241 e. The lowest BCUT2D eigenvalue weighted by Gasteiger charge is -2.11. The molecule has 2 aromatic heterocycles. The number of nitrogens with one attached hydrogen (secondary N) is 1. The summed E-state index contributed by atoms with van der Waals surface area (Å²) in [6, 6.07) is 11.1. The SMILES string of the molecule is Cc1cc(C)c(S(=O)(=O)NCc2cc(-c3ccccn3)n(C)n2)cc1C. The van der Waals surface area contributed by atoms with Crippen molar-refractivity contribution < 1.29 is 8.42 Å². The highest BCUT2D eigenvalue weighted by Gasteiger charge is 2.18. The van der Waals surface area contributed by atoms with Crippen molar-refractivity contribution >= 4 is 10.0 Å². The van der Waals surface area contributed by atoms with Crippen LogP contribution in [0.5, 0.6) is 0 Å². The molecule has 3 aromatic rings. The largest absolute Gasteiger partial charge is 0.266 e. The molecule has 0 aliphatic rings.